The molecule has 1 aliphatic rings. The van der Waals surface area contributed by atoms with Gasteiger partial charge < -0.3 is 15.4 Å². The van der Waals surface area contributed by atoms with Gasteiger partial charge in [-0.3, -0.25) is 0 Å². The van der Waals surface area contributed by atoms with Crippen molar-refractivity contribution in [2.75, 3.05) is 24.6 Å². The number of hydrogen-bond donors (Lipinski definition) is 1. The highest BCUT2D eigenvalue weighted by Gasteiger charge is 2.28. The van der Waals surface area contributed by atoms with Crippen LogP contribution in [0.3, 0.4) is 0 Å². The van der Waals surface area contributed by atoms with Gasteiger partial charge in [-0.05, 0) is 51.3 Å². The first-order valence-corrected chi connectivity index (χ1v) is 7.26. The minimum absolute atomic E-state index is 0.308. The van der Waals surface area contributed by atoms with Gasteiger partial charge in [-0.1, -0.05) is 0 Å². The van der Waals surface area contributed by atoms with Crippen LogP contribution in [0.2, 0.25) is 0 Å². The lowest BCUT2D eigenvalue weighted by atomic mass is 9.93. The average molecular weight is 277 g/mol. The molecule has 110 valence electrons. The molecular weight excluding hydrogens is 254 g/mol. The predicted molar refractivity (Wildman–Crippen MR) is 78.8 cm³/mol. The van der Waals surface area contributed by atoms with Crippen LogP contribution in [0.4, 0.5) is 5.82 Å². The average Bonchev–Trinajstić information content (AvgIpc) is 2.48. The number of anilines is 1. The van der Waals surface area contributed by atoms with Gasteiger partial charge in [0.1, 0.15) is 11.4 Å². The molecule has 1 aromatic heterocycles. The number of nitrogens with two attached hydrogens (primary N) is 1. The summed E-state index contributed by atoms with van der Waals surface area (Å²) in [6.07, 6.45) is 3.92. The quantitative estimate of drug-likeness (QED) is 0.850. The van der Waals surface area contributed by atoms with E-state index in [0.717, 1.165) is 25.2 Å². The maximum atomic E-state index is 12.1. The van der Waals surface area contributed by atoms with Crippen LogP contribution in [0.5, 0.6) is 0 Å². The van der Waals surface area contributed by atoms with Crippen molar-refractivity contribution in [3.8, 4) is 0 Å². The van der Waals surface area contributed by atoms with E-state index in [1.807, 2.05) is 6.92 Å². The Balaban J connectivity index is 2.28. The molecule has 2 heterocycles. The highest BCUT2D eigenvalue weighted by Crippen LogP contribution is 2.28. The van der Waals surface area contributed by atoms with Gasteiger partial charge in [0.25, 0.3) is 0 Å². The minimum atomic E-state index is -0.308. The van der Waals surface area contributed by atoms with Crippen molar-refractivity contribution >= 4 is 11.8 Å². The highest BCUT2D eigenvalue weighted by atomic mass is 16.5. The van der Waals surface area contributed by atoms with Crippen LogP contribution < -0.4 is 10.6 Å². The van der Waals surface area contributed by atoms with Gasteiger partial charge in [0.15, 0.2) is 0 Å². The number of hydrogen-bond acceptors (Lipinski definition) is 5. The molecule has 0 spiro atoms. The van der Waals surface area contributed by atoms with E-state index in [0.29, 0.717) is 30.7 Å². The highest BCUT2D eigenvalue weighted by molar-refractivity contribution is 5.94. The third-order valence-electron chi connectivity index (χ3n) is 3.87. The van der Waals surface area contributed by atoms with Crippen molar-refractivity contribution in [1.82, 2.24) is 4.98 Å². The van der Waals surface area contributed by atoms with E-state index in [9.17, 15) is 4.79 Å². The molecular formula is C15H23N3O2. The first-order valence-electron chi connectivity index (χ1n) is 7.26. The lowest BCUT2D eigenvalue weighted by Crippen LogP contribution is -2.45. The summed E-state index contributed by atoms with van der Waals surface area (Å²) in [6, 6.07) is 3.91. The molecule has 2 atom stereocenters. The molecule has 0 bridgehead atoms. The zero-order valence-corrected chi connectivity index (χ0v) is 12.2. The third kappa shape index (κ3) is 3.10. The SMILES string of the molecule is CCOC(=O)c1cccnc1N1CC(CN)CCC1C. The van der Waals surface area contributed by atoms with E-state index in [4.69, 9.17) is 10.5 Å². The number of carbonyl (C=O) groups excluding carboxylic acids is 1. The number of esters is 1. The smallest absolute Gasteiger partial charge is 0.341 e. The number of aromatic nitrogens is 1. The summed E-state index contributed by atoms with van der Waals surface area (Å²) >= 11 is 0. The van der Waals surface area contributed by atoms with Crippen LogP contribution in [0.1, 0.15) is 37.0 Å². The van der Waals surface area contributed by atoms with Gasteiger partial charge in [0.05, 0.1) is 6.61 Å². The minimum Gasteiger partial charge on any atom is -0.462 e. The molecule has 1 saturated heterocycles. The van der Waals surface area contributed by atoms with Crippen molar-refractivity contribution < 1.29 is 9.53 Å². The molecule has 2 unspecified atom stereocenters. The van der Waals surface area contributed by atoms with E-state index in [-0.39, 0.29) is 5.97 Å². The van der Waals surface area contributed by atoms with Crippen LogP contribution in [-0.4, -0.2) is 36.7 Å². The van der Waals surface area contributed by atoms with Crippen LogP contribution in [-0.2, 0) is 4.74 Å². The summed E-state index contributed by atoms with van der Waals surface area (Å²) in [7, 11) is 0. The van der Waals surface area contributed by atoms with Crippen molar-refractivity contribution in [1.29, 1.82) is 0 Å². The number of pyridine rings is 1. The van der Waals surface area contributed by atoms with Crippen LogP contribution in [0.15, 0.2) is 18.3 Å². The number of nitrogens with zero attached hydrogens (tertiary/aromatic N) is 2. The Kier molecular flexibility index (Phi) is 4.95. The topological polar surface area (TPSA) is 68.5 Å². The molecule has 5 nitrogen and oxygen atoms in total. The molecule has 0 radical (unpaired) electrons. The van der Waals surface area contributed by atoms with Gasteiger partial charge in [-0.25, -0.2) is 9.78 Å². The molecule has 5 heteroatoms. The summed E-state index contributed by atoms with van der Waals surface area (Å²) in [5.41, 5.74) is 6.34. The summed E-state index contributed by atoms with van der Waals surface area (Å²) in [5.74, 6) is 0.873. The number of carbonyl (C=O) groups is 1. The molecule has 0 aromatic carbocycles. The van der Waals surface area contributed by atoms with E-state index in [1.54, 1.807) is 18.3 Å². The molecule has 0 amide bonds. The summed E-state index contributed by atoms with van der Waals surface area (Å²) in [4.78, 5) is 18.6. The molecule has 20 heavy (non-hydrogen) atoms. The fraction of sp³-hybridized carbons (Fsp3) is 0.600. The monoisotopic (exact) mass is 277 g/mol. The lowest BCUT2D eigenvalue weighted by Gasteiger charge is -2.39. The molecule has 1 fully saturated rings. The van der Waals surface area contributed by atoms with Gasteiger partial charge in [0, 0.05) is 18.8 Å². The Morgan fingerprint density at radius 1 is 1.55 bits per heavy atom. The van der Waals surface area contributed by atoms with Gasteiger partial charge >= 0.3 is 5.97 Å². The predicted octanol–water partition coefficient (Wildman–Crippen LogP) is 1.82. The first kappa shape index (κ1) is 14.8. The van der Waals surface area contributed by atoms with E-state index < -0.39 is 0 Å². The van der Waals surface area contributed by atoms with E-state index in [1.165, 1.54) is 0 Å². The summed E-state index contributed by atoms with van der Waals surface area (Å²) in [5, 5.41) is 0. The second-order valence-electron chi connectivity index (χ2n) is 5.28. The molecule has 0 saturated carbocycles. The number of rotatable bonds is 4. The second-order valence-corrected chi connectivity index (χ2v) is 5.28. The third-order valence-corrected chi connectivity index (χ3v) is 3.87. The fourth-order valence-electron chi connectivity index (χ4n) is 2.66. The van der Waals surface area contributed by atoms with Gasteiger partial charge in [0.2, 0.25) is 0 Å². The normalized spacial score (nSPS) is 22.6. The zero-order valence-electron chi connectivity index (χ0n) is 12.2. The molecule has 0 aliphatic carbocycles. The maximum Gasteiger partial charge on any atom is 0.341 e. The van der Waals surface area contributed by atoms with Crippen LogP contribution >= 0.6 is 0 Å². The molecule has 1 aromatic rings. The maximum absolute atomic E-state index is 12.1. The zero-order chi connectivity index (χ0) is 14.5. The summed E-state index contributed by atoms with van der Waals surface area (Å²) < 4.78 is 5.12. The Labute approximate surface area is 120 Å². The van der Waals surface area contributed by atoms with Crippen molar-refractivity contribution in [3.63, 3.8) is 0 Å². The van der Waals surface area contributed by atoms with E-state index in [2.05, 4.69) is 16.8 Å². The largest absolute Gasteiger partial charge is 0.462 e. The Morgan fingerprint density at radius 2 is 2.35 bits per heavy atom. The first-order chi connectivity index (χ1) is 9.67. The van der Waals surface area contributed by atoms with Gasteiger partial charge in [-0.2, -0.15) is 0 Å². The molecule has 1 aliphatic heterocycles. The second kappa shape index (κ2) is 6.70. The Hall–Kier alpha value is -1.62. The standard InChI is InChI=1S/C15H23N3O2/c1-3-20-15(19)13-5-4-8-17-14(13)18-10-12(9-16)7-6-11(18)2/h4-5,8,11-12H,3,6-7,9-10,16H2,1-2H3. The fourth-order valence-corrected chi connectivity index (χ4v) is 2.66. The van der Waals surface area contributed by atoms with Crippen molar-refractivity contribution in [3.05, 3.63) is 23.9 Å². The Morgan fingerprint density at radius 3 is 3.05 bits per heavy atom. The summed E-state index contributed by atoms with van der Waals surface area (Å²) in [6.45, 7) is 5.86. The van der Waals surface area contributed by atoms with Gasteiger partial charge in [-0.15, -0.1) is 0 Å². The number of ether oxygens (including phenoxy) is 1. The van der Waals surface area contributed by atoms with Crippen molar-refractivity contribution in [2.24, 2.45) is 11.7 Å². The molecule has 2 N–H and O–H groups in total. The molecule has 2 rings (SSSR count). The van der Waals surface area contributed by atoms with Crippen molar-refractivity contribution in [2.45, 2.75) is 32.7 Å². The Bertz CT molecular complexity index is 464. The van der Waals surface area contributed by atoms with Crippen LogP contribution in [0.25, 0.3) is 0 Å². The van der Waals surface area contributed by atoms with E-state index >= 15 is 0 Å². The lowest BCUT2D eigenvalue weighted by molar-refractivity contribution is 0.0526. The van der Waals surface area contributed by atoms with Crippen LogP contribution in [0, 0.1) is 5.92 Å². The number of piperidine rings is 1.